The molecule has 0 aromatic heterocycles. The summed E-state index contributed by atoms with van der Waals surface area (Å²) in [5, 5.41) is 2.94. The molecule has 34 heavy (non-hydrogen) atoms. The number of carbonyl (C=O) groups excluding carboxylic acids is 3. The highest BCUT2D eigenvalue weighted by atomic mass is 35.5. The van der Waals surface area contributed by atoms with Crippen LogP contribution >= 0.6 is 11.6 Å². The van der Waals surface area contributed by atoms with Crippen LogP contribution in [0.5, 0.6) is 0 Å². The molecule has 1 aliphatic heterocycles. The largest absolute Gasteiger partial charge is 0.354 e. The number of anilines is 2. The predicted octanol–water partition coefficient (Wildman–Crippen LogP) is 2.24. The molecular weight excluding hydrogens is 486 g/mol. The van der Waals surface area contributed by atoms with Gasteiger partial charge in [0.25, 0.3) is 5.91 Å². The van der Waals surface area contributed by atoms with Crippen molar-refractivity contribution >= 4 is 50.7 Å². The van der Waals surface area contributed by atoms with E-state index >= 15 is 0 Å². The van der Waals surface area contributed by atoms with E-state index in [4.69, 9.17) is 21.1 Å². The van der Waals surface area contributed by atoms with Crippen LogP contribution in [0.3, 0.4) is 0 Å². The van der Waals surface area contributed by atoms with Crippen molar-refractivity contribution in [3.63, 3.8) is 0 Å². The number of hydrogen-bond donors (Lipinski definition) is 1. The zero-order valence-electron chi connectivity index (χ0n) is 18.7. The van der Waals surface area contributed by atoms with Crippen molar-refractivity contribution in [3.8, 4) is 0 Å². The Morgan fingerprint density at radius 1 is 1.12 bits per heavy atom. The summed E-state index contributed by atoms with van der Waals surface area (Å²) in [4.78, 5) is 38.2. The van der Waals surface area contributed by atoms with E-state index in [0.29, 0.717) is 10.7 Å². The second kappa shape index (κ2) is 10.6. The minimum Gasteiger partial charge on any atom is -0.354 e. The molecule has 1 saturated heterocycles. The minimum atomic E-state index is -4.23. The van der Waals surface area contributed by atoms with Crippen molar-refractivity contribution in [1.29, 1.82) is 0 Å². The fourth-order valence-electron chi connectivity index (χ4n) is 3.54. The normalized spacial score (nSPS) is 16.5. The van der Waals surface area contributed by atoms with E-state index in [1.165, 1.54) is 57.5 Å². The predicted molar refractivity (Wildman–Crippen MR) is 125 cm³/mol. The molecule has 3 amide bonds. The third-order valence-corrected chi connectivity index (χ3v) is 7.33. The lowest BCUT2D eigenvalue weighted by Crippen LogP contribution is -2.49. The average Bonchev–Trinajstić information content (AvgIpc) is 3.08. The number of sulfonamides is 1. The van der Waals surface area contributed by atoms with Crippen LogP contribution in [0, 0.1) is 0 Å². The standard InChI is InChI=1S/C22H24ClN3O7S/c1-14(27)24-16-6-8-17(9-7-16)26-20(28)12-19(22(26)29)25(13-21(32-2)33-3)34(30,31)18-10-4-15(23)5-11-18/h4-11,19,21H,12-13H2,1-3H3,(H,24,27). The first-order valence-corrected chi connectivity index (χ1v) is 12.0. The maximum absolute atomic E-state index is 13.5. The van der Waals surface area contributed by atoms with Gasteiger partial charge >= 0.3 is 0 Å². The van der Waals surface area contributed by atoms with Crippen molar-refractivity contribution in [1.82, 2.24) is 4.31 Å². The molecule has 0 bridgehead atoms. The zero-order chi connectivity index (χ0) is 25.0. The molecule has 0 spiro atoms. The molecule has 1 atom stereocenters. The van der Waals surface area contributed by atoms with Gasteiger partial charge in [-0.1, -0.05) is 11.6 Å². The highest BCUT2D eigenvalue weighted by Crippen LogP contribution is 2.30. The monoisotopic (exact) mass is 509 g/mol. The van der Waals surface area contributed by atoms with Crippen LogP contribution in [0.2, 0.25) is 5.02 Å². The minimum absolute atomic E-state index is 0.0961. The Morgan fingerprint density at radius 3 is 2.24 bits per heavy atom. The van der Waals surface area contributed by atoms with Gasteiger partial charge in [-0.15, -0.1) is 0 Å². The highest BCUT2D eigenvalue weighted by molar-refractivity contribution is 7.89. The molecule has 12 heteroatoms. The van der Waals surface area contributed by atoms with Crippen LogP contribution in [-0.2, 0) is 33.9 Å². The Bertz CT molecular complexity index is 1170. The fraction of sp³-hybridized carbons (Fsp3) is 0.318. The Balaban J connectivity index is 1.96. The third-order valence-electron chi connectivity index (χ3n) is 5.19. The molecule has 2 aromatic carbocycles. The van der Waals surface area contributed by atoms with Crippen molar-refractivity contribution in [2.75, 3.05) is 31.0 Å². The molecule has 1 N–H and O–H groups in total. The Labute approximate surface area is 202 Å². The molecule has 0 radical (unpaired) electrons. The number of amides is 3. The van der Waals surface area contributed by atoms with E-state index < -0.39 is 34.2 Å². The average molecular weight is 510 g/mol. The number of benzene rings is 2. The molecule has 10 nitrogen and oxygen atoms in total. The van der Waals surface area contributed by atoms with E-state index in [1.54, 1.807) is 12.1 Å². The molecule has 182 valence electrons. The van der Waals surface area contributed by atoms with Gasteiger partial charge in [0.1, 0.15) is 6.04 Å². The zero-order valence-corrected chi connectivity index (χ0v) is 20.3. The van der Waals surface area contributed by atoms with Crippen LogP contribution in [0.25, 0.3) is 0 Å². The van der Waals surface area contributed by atoms with Gasteiger partial charge in [-0.05, 0) is 48.5 Å². The van der Waals surface area contributed by atoms with Gasteiger partial charge in [-0.25, -0.2) is 13.3 Å². The first kappa shape index (κ1) is 25.8. The lowest BCUT2D eigenvalue weighted by Gasteiger charge is -2.29. The van der Waals surface area contributed by atoms with E-state index in [-0.39, 0.29) is 29.5 Å². The summed E-state index contributed by atoms with van der Waals surface area (Å²) in [6, 6.07) is 10.2. The molecule has 0 aliphatic carbocycles. The first-order chi connectivity index (χ1) is 16.1. The highest BCUT2D eigenvalue weighted by Gasteiger charge is 2.47. The quantitative estimate of drug-likeness (QED) is 0.406. The lowest BCUT2D eigenvalue weighted by atomic mass is 10.2. The van der Waals surface area contributed by atoms with Crippen molar-refractivity contribution < 1.29 is 32.3 Å². The smallest absolute Gasteiger partial charge is 0.252 e. The van der Waals surface area contributed by atoms with Gasteiger partial charge in [0, 0.05) is 31.9 Å². The Morgan fingerprint density at radius 2 is 1.71 bits per heavy atom. The van der Waals surface area contributed by atoms with E-state index in [1.807, 2.05) is 0 Å². The van der Waals surface area contributed by atoms with Crippen LogP contribution in [0.4, 0.5) is 11.4 Å². The Kier molecular flexibility index (Phi) is 8.05. The number of hydrogen-bond acceptors (Lipinski definition) is 7. The summed E-state index contributed by atoms with van der Waals surface area (Å²) in [5.41, 5.74) is 0.743. The van der Waals surface area contributed by atoms with Gasteiger partial charge in [0.15, 0.2) is 6.29 Å². The molecule has 0 saturated carbocycles. The number of ether oxygens (including phenoxy) is 2. The topological polar surface area (TPSA) is 122 Å². The fourth-order valence-corrected chi connectivity index (χ4v) is 5.23. The number of carbonyl (C=O) groups is 3. The second-order valence-corrected chi connectivity index (χ2v) is 9.77. The third kappa shape index (κ3) is 5.45. The van der Waals surface area contributed by atoms with Gasteiger partial charge in [0.05, 0.1) is 23.5 Å². The number of nitrogens with zero attached hydrogens (tertiary/aromatic N) is 2. The number of halogens is 1. The first-order valence-electron chi connectivity index (χ1n) is 10.2. The van der Waals surface area contributed by atoms with Crippen LogP contribution in [0.15, 0.2) is 53.4 Å². The molecular formula is C22H24ClN3O7S. The molecule has 1 heterocycles. The molecule has 1 fully saturated rings. The van der Waals surface area contributed by atoms with Gasteiger partial charge in [-0.2, -0.15) is 4.31 Å². The van der Waals surface area contributed by atoms with Gasteiger partial charge in [0.2, 0.25) is 21.8 Å². The summed E-state index contributed by atoms with van der Waals surface area (Å²) >= 11 is 5.89. The van der Waals surface area contributed by atoms with Crippen molar-refractivity contribution in [2.24, 2.45) is 0 Å². The molecule has 1 aliphatic rings. The van der Waals surface area contributed by atoms with E-state index in [2.05, 4.69) is 5.32 Å². The number of rotatable bonds is 9. The molecule has 3 rings (SSSR count). The number of methoxy groups -OCH3 is 2. The van der Waals surface area contributed by atoms with Gasteiger partial charge in [-0.3, -0.25) is 14.4 Å². The maximum atomic E-state index is 13.5. The molecule has 2 aromatic rings. The maximum Gasteiger partial charge on any atom is 0.252 e. The summed E-state index contributed by atoms with van der Waals surface area (Å²) in [6.45, 7) is 1.03. The summed E-state index contributed by atoms with van der Waals surface area (Å²) in [7, 11) is -1.55. The van der Waals surface area contributed by atoms with Crippen LogP contribution in [-0.4, -0.2) is 63.5 Å². The van der Waals surface area contributed by atoms with Crippen LogP contribution in [0.1, 0.15) is 13.3 Å². The summed E-state index contributed by atoms with van der Waals surface area (Å²) < 4.78 is 38.2. The number of nitrogens with one attached hydrogen (secondary N) is 1. The molecule has 1 unspecified atom stereocenters. The van der Waals surface area contributed by atoms with Crippen molar-refractivity contribution in [2.45, 2.75) is 30.6 Å². The van der Waals surface area contributed by atoms with Crippen molar-refractivity contribution in [3.05, 3.63) is 53.6 Å². The second-order valence-electron chi connectivity index (χ2n) is 7.44. The Hall–Kier alpha value is -2.83. The van der Waals surface area contributed by atoms with Crippen LogP contribution < -0.4 is 10.2 Å². The SMILES string of the molecule is COC(CN(C1CC(=O)N(c2ccc(NC(C)=O)cc2)C1=O)S(=O)(=O)c1ccc(Cl)cc1)OC. The van der Waals surface area contributed by atoms with E-state index in [0.717, 1.165) is 9.21 Å². The van der Waals surface area contributed by atoms with E-state index in [9.17, 15) is 22.8 Å². The summed E-state index contributed by atoms with van der Waals surface area (Å²) in [5.74, 6) is -1.54. The lowest BCUT2D eigenvalue weighted by molar-refractivity contribution is -0.126. The number of imide groups is 1. The van der Waals surface area contributed by atoms with Gasteiger partial charge < -0.3 is 14.8 Å². The summed E-state index contributed by atoms with van der Waals surface area (Å²) in [6.07, 6.45) is -1.34.